The van der Waals surface area contributed by atoms with Crippen LogP contribution in [0.4, 0.5) is 22.7 Å². The van der Waals surface area contributed by atoms with Crippen molar-refractivity contribution >= 4 is 120 Å². The zero-order valence-electron chi connectivity index (χ0n) is 86.5. The van der Waals surface area contributed by atoms with E-state index in [1.165, 1.54) is 93.5 Å². The summed E-state index contributed by atoms with van der Waals surface area (Å²) in [6.07, 6.45) is 13.7. The van der Waals surface area contributed by atoms with Gasteiger partial charge in [0.2, 0.25) is 5.71 Å². The molecule has 5 heterocycles. The number of carboxylic acids is 5. The lowest BCUT2D eigenvalue weighted by Gasteiger charge is -2.42. The number of alkyl halides is 3. The van der Waals surface area contributed by atoms with Gasteiger partial charge in [0.15, 0.2) is 5.76 Å². The number of quaternary nitrogens is 7. The summed E-state index contributed by atoms with van der Waals surface area (Å²) in [6.45, 7) is 21.8. The van der Waals surface area contributed by atoms with Gasteiger partial charge in [0.25, 0.3) is 10.7 Å². The number of aliphatic carboxylic acids is 5. The van der Waals surface area contributed by atoms with Crippen LogP contribution in [0.15, 0.2) is 142 Å². The summed E-state index contributed by atoms with van der Waals surface area (Å²) in [7, 11) is 40.2. The molecule has 0 bridgehead atoms. The van der Waals surface area contributed by atoms with Gasteiger partial charge in [-0.05, 0) is 178 Å². The minimum atomic E-state index is -4.69. The van der Waals surface area contributed by atoms with E-state index in [1.807, 2.05) is 170 Å². The zero-order valence-corrected chi connectivity index (χ0v) is 90.4. The van der Waals surface area contributed by atoms with Crippen LogP contribution in [0.3, 0.4) is 0 Å². The molecule has 10 rings (SSSR count). The second-order valence-corrected chi connectivity index (χ2v) is 46.3. The maximum atomic E-state index is 13.8. The summed E-state index contributed by atoms with van der Waals surface area (Å²) in [5.74, 6) is -3.88. The number of rotatable bonds is 35. The fourth-order valence-corrected chi connectivity index (χ4v) is 19.7. The smallest absolute Gasteiger partial charge is 0.550 e. The number of carbonyl (C=O) groups excluding carboxylic acids is 3. The average molecular weight is 2030 g/mol. The van der Waals surface area contributed by atoms with Crippen molar-refractivity contribution in [3.63, 3.8) is 0 Å². The number of likely N-dealkylation sites (tertiary alicyclic amines) is 1. The Bertz CT molecular complexity index is 5260. The monoisotopic (exact) mass is 2030 g/mol. The Morgan fingerprint density at radius 2 is 1.30 bits per heavy atom. The molecular formula is C104H158Cl2F4N10O15S3+6. The number of phenols is 1. The third-order valence-corrected chi connectivity index (χ3v) is 27.9. The number of ether oxygens (including phenoxy) is 1. The number of phenolic OH excluding ortho intramolecular Hbond substituents is 1. The number of halogens is 6. The van der Waals surface area contributed by atoms with Crippen molar-refractivity contribution in [1.29, 1.82) is 0 Å². The molecule has 2 aliphatic rings. The minimum Gasteiger partial charge on any atom is -0.550 e. The first-order chi connectivity index (χ1) is 63.5. The molecule has 1 saturated heterocycles. The number of carbonyl (C=O) groups is 6. The summed E-state index contributed by atoms with van der Waals surface area (Å²) in [5, 5.41) is 67.3. The van der Waals surface area contributed by atoms with Crippen molar-refractivity contribution in [3.05, 3.63) is 202 Å². The highest BCUT2D eigenvalue weighted by Gasteiger charge is 2.41. The third kappa shape index (κ3) is 44.8. The summed E-state index contributed by atoms with van der Waals surface area (Å²) in [5.41, 5.74) is 6.54. The number of aryl methyl sites for hydroxylation is 2. The quantitative estimate of drug-likeness (QED) is 0.00811. The number of fused-ring (bicyclic) bond motifs is 1. The second-order valence-electron chi connectivity index (χ2n) is 42.6. The van der Waals surface area contributed by atoms with E-state index in [0.29, 0.717) is 78.5 Å². The van der Waals surface area contributed by atoms with E-state index in [2.05, 4.69) is 114 Å². The molecule has 1 amide bonds. The molecule has 8 aromatic rings. The molecule has 1 aliphatic carbocycles. The fraction of sp³-hybridized carbons (Fsp3) is 0.548. The van der Waals surface area contributed by atoms with Crippen LogP contribution in [-0.2, 0) is 35.3 Å². The van der Waals surface area contributed by atoms with Crippen LogP contribution in [0.5, 0.6) is 11.5 Å². The van der Waals surface area contributed by atoms with Crippen molar-refractivity contribution in [2.75, 3.05) is 180 Å². The molecule has 4 aromatic carbocycles. The summed E-state index contributed by atoms with van der Waals surface area (Å²) >= 11 is 16.6. The molecule has 2 fully saturated rings. The van der Waals surface area contributed by atoms with Crippen molar-refractivity contribution in [2.24, 2.45) is 16.7 Å². The molecular weight excluding hydrogens is 1870 g/mol. The van der Waals surface area contributed by atoms with Gasteiger partial charge in [-0.25, -0.2) is 13.8 Å². The first kappa shape index (κ1) is 123. The predicted molar refractivity (Wildman–Crippen MR) is 548 cm³/mol. The zero-order chi connectivity index (χ0) is 105. The van der Waals surface area contributed by atoms with E-state index in [-0.39, 0.29) is 63.1 Å². The SMILES string of the molecule is C=CC(C)(CCC(=O)[O-])[N+](C)(C)C.CCCC(C)(CCC)C(=O)[O-].C[N+](C)(C)CC(CC(=O)O)c1ccc(Cl)cc1.C[N+](C)(C)CC1(CC(=O)O)CCCCC1.C[N+](C)(C)Cc1cc(=O)[nH]o1.C[N+](C)(C)c1nc2cccc(OC(F)(F)F)c2s1.C[N+](CCCC(=O)[N+](C)(C)C)=C(c1ccc(Cl)cc1)c1cc(F)ccc1O.Cc1ccsc1C(=CCC[N+]1(C)CCCC(C(=O)O)C1)c1sccc1C. The Morgan fingerprint density at radius 1 is 0.739 bits per heavy atom. The normalized spacial score (nSPS) is 15.9. The van der Waals surface area contributed by atoms with E-state index in [0.717, 1.165) is 131 Å². The van der Waals surface area contributed by atoms with Crippen molar-refractivity contribution < 1.29 is 118 Å². The van der Waals surface area contributed by atoms with Gasteiger partial charge in [0.05, 0.1) is 203 Å². The van der Waals surface area contributed by atoms with Crippen LogP contribution in [-0.4, -0.2) is 296 Å². The Hall–Kier alpha value is -9.03. The van der Waals surface area contributed by atoms with Gasteiger partial charge >= 0.3 is 30.2 Å². The third-order valence-electron chi connectivity index (χ3n) is 23.9. The maximum Gasteiger partial charge on any atom is 0.573 e. The van der Waals surface area contributed by atoms with Crippen molar-refractivity contribution in [3.8, 4) is 11.5 Å². The molecule has 4 atom stereocenters. The Kier molecular flexibility index (Phi) is 48.9. The summed E-state index contributed by atoms with van der Waals surface area (Å²) in [6, 6.07) is 28.8. The highest BCUT2D eigenvalue weighted by atomic mass is 35.5. The number of hydrogen-bond acceptors (Lipinski definition) is 16. The predicted octanol–water partition coefficient (Wildman–Crippen LogP) is 18.7. The van der Waals surface area contributed by atoms with Crippen molar-refractivity contribution in [2.45, 2.75) is 181 Å². The van der Waals surface area contributed by atoms with E-state index in [9.17, 15) is 71.5 Å². The van der Waals surface area contributed by atoms with Gasteiger partial charge in [0.1, 0.15) is 53.6 Å². The Balaban J connectivity index is 0.000000415. The molecule has 4 unspecified atom stereocenters. The number of nitrogens with one attached hydrogen (secondary N) is 1. The van der Waals surface area contributed by atoms with Gasteiger partial charge in [0, 0.05) is 78.9 Å². The lowest BCUT2D eigenvalue weighted by Crippen LogP contribution is -2.54. The topological polar surface area (TPSA) is 301 Å². The van der Waals surface area contributed by atoms with Crippen LogP contribution in [0, 0.1) is 36.4 Å². The molecule has 4 aromatic heterocycles. The first-order valence-corrected chi connectivity index (χ1v) is 50.0. The number of carboxylic acid groups (broad SMARTS) is 5. The van der Waals surface area contributed by atoms with Crippen LogP contribution < -0.4 is 25.0 Å². The Morgan fingerprint density at radius 3 is 1.73 bits per heavy atom. The van der Waals surface area contributed by atoms with Crippen molar-refractivity contribution in [1.82, 2.24) is 14.6 Å². The van der Waals surface area contributed by atoms with E-state index < -0.39 is 47.4 Å². The molecule has 768 valence electrons. The number of thiophene rings is 2. The number of thiazole rings is 1. The molecule has 25 nitrogen and oxygen atoms in total. The van der Waals surface area contributed by atoms with Gasteiger partial charge < -0.3 is 71.9 Å². The standard InChI is InChI=1S/C21H25ClFN2O2.C21H27NO2S2.C13H18ClNO2.C12H23NO2.C11H12F3N2OS.C10H19NO2.C9H18O2.C7H12N2O2/c1-24(13-5-6-20(27)25(2,3)4)21(15-7-9-16(22)10-8-15)18-14-17(23)11-12-19(18)26;1-15-8-12-25-19(15)18(20-16(2)9-13-26-20)7-5-11-22(3)10-4-6-17(14-22)21(23)24;1-15(2,3)9-11(8-13(16)17)10-4-6-12(14)7-5-10;1-13(2,3)10-12(9-11(14)15)7-5-4-6-8-12;1-16(2,3)10-15-7-5-4-6-8(9(7)18-10)17-11(12,13)14;1-6-10(2,11(3,4)5)8-7-9(12)13;1-4-6-9(3,7-5-2)8(10)11;1-9(2,3)5-6-4-7(10)8-11-6/h7-12,14H,5-6,13H2,1-4H3;7-9,12-13,17H,4-6,10-11,14H2,1-3H3;4-7,11H,8-9H2,1-3H3;4-10H2,1-3H3;4-6H,1-3H3;6H,1,7-8H2,2-5H3;4-7H2,1-3H3,(H,10,11);4H,5H2,1-3H3/q+1;;;;+1;;;/p+4. The van der Waals surface area contributed by atoms with Gasteiger partial charge in [-0.3, -0.25) is 28.1 Å². The van der Waals surface area contributed by atoms with E-state index in [1.54, 1.807) is 37.3 Å². The number of nitrogens with zero attached hydrogens (tertiary/aromatic N) is 9. The number of piperidine rings is 1. The molecule has 0 radical (unpaired) electrons. The Labute approximate surface area is 838 Å². The van der Waals surface area contributed by atoms with Crippen LogP contribution in [0.2, 0.25) is 10.0 Å². The molecule has 0 spiro atoms. The van der Waals surface area contributed by atoms with Crippen LogP contribution in [0.25, 0.3) is 15.8 Å². The average Bonchev–Trinajstić information content (AvgIpc) is 1.66. The number of H-pyrrole nitrogens is 1. The van der Waals surface area contributed by atoms with Gasteiger partial charge in [-0.1, -0.05) is 118 Å². The second kappa shape index (κ2) is 54.8. The highest BCUT2D eigenvalue weighted by molar-refractivity contribution is 7.22. The van der Waals surface area contributed by atoms with Crippen LogP contribution >= 0.6 is 57.2 Å². The molecule has 138 heavy (non-hydrogen) atoms. The molecule has 1 aliphatic heterocycles. The summed E-state index contributed by atoms with van der Waals surface area (Å²) < 4.78 is 66.5. The number of aromatic amines is 1. The summed E-state index contributed by atoms with van der Waals surface area (Å²) in [4.78, 5) is 84.1. The number of aromatic hydroxyl groups is 1. The minimum absolute atomic E-state index is 0.00404. The number of benzene rings is 4. The largest absolute Gasteiger partial charge is 0.573 e. The number of amides is 1. The lowest BCUT2D eigenvalue weighted by molar-refractivity contribution is -0.916. The lowest BCUT2D eigenvalue weighted by atomic mass is 9.71. The van der Waals surface area contributed by atoms with Gasteiger partial charge in [-0.2, -0.15) is 10.1 Å². The molecule has 34 heteroatoms. The molecule has 5 N–H and O–H groups in total. The first-order valence-electron chi connectivity index (χ1n) is 46.7. The highest BCUT2D eigenvalue weighted by Crippen LogP contribution is 2.43. The molecule has 1 saturated carbocycles. The van der Waals surface area contributed by atoms with Gasteiger partial charge in [-0.15, -0.1) is 35.8 Å². The number of hydrogen-bond donors (Lipinski definition) is 5. The van der Waals surface area contributed by atoms with E-state index in [4.69, 9.17) is 37.9 Å². The van der Waals surface area contributed by atoms with E-state index >= 15 is 0 Å². The fourth-order valence-electron chi connectivity index (χ4n) is 16.4. The number of aromatic nitrogens is 2. The number of likely N-dealkylation sites (N-methyl/N-ethyl adjacent to an activating group) is 2. The van der Waals surface area contributed by atoms with Crippen LogP contribution in [0.1, 0.15) is 193 Å². The maximum absolute atomic E-state index is 13.8.